The van der Waals surface area contributed by atoms with Crippen molar-refractivity contribution in [3.8, 4) is 11.5 Å². The molecule has 2 aromatic heterocycles. The molecule has 1 aliphatic rings. The number of nitrogens with one attached hydrogen (secondary N) is 1. The Labute approximate surface area is 169 Å². The van der Waals surface area contributed by atoms with Crippen LogP contribution >= 0.6 is 23.1 Å². The van der Waals surface area contributed by atoms with Crippen LogP contribution < -0.4 is 20.3 Å². The van der Waals surface area contributed by atoms with E-state index in [0.717, 1.165) is 10.4 Å². The zero-order valence-electron chi connectivity index (χ0n) is 15.9. The number of carbonyl (C=O) groups is 1. The molecule has 4 rings (SSSR count). The molecule has 1 N–H and O–H groups in total. The van der Waals surface area contributed by atoms with Crippen molar-refractivity contribution < 1.29 is 14.3 Å². The molecule has 3 aromatic rings. The highest BCUT2D eigenvalue weighted by Crippen LogP contribution is 2.34. The molecule has 7 nitrogen and oxygen atoms in total. The minimum atomic E-state index is -0.442. The molecule has 0 saturated carbocycles. The SMILES string of the molecule is Cc1sc2nc(S[C@H](C)C(=O)Nc3ccc4c(c3)OCO4)n(C)c(=O)c2c1C. The molecule has 0 aliphatic carbocycles. The number of aryl methyl sites for hydroxylation is 2. The minimum absolute atomic E-state index is 0.0854. The van der Waals surface area contributed by atoms with Crippen LogP contribution in [-0.4, -0.2) is 27.5 Å². The summed E-state index contributed by atoms with van der Waals surface area (Å²) in [6.07, 6.45) is 0. The predicted molar refractivity (Wildman–Crippen MR) is 111 cm³/mol. The number of anilines is 1. The van der Waals surface area contributed by atoms with Crippen molar-refractivity contribution in [3.63, 3.8) is 0 Å². The van der Waals surface area contributed by atoms with Gasteiger partial charge in [-0.05, 0) is 38.5 Å². The molecule has 146 valence electrons. The number of thiophene rings is 1. The number of hydrogen-bond donors (Lipinski definition) is 1. The van der Waals surface area contributed by atoms with Crippen LogP contribution in [0.15, 0.2) is 28.2 Å². The van der Waals surface area contributed by atoms with Gasteiger partial charge >= 0.3 is 0 Å². The molecule has 1 aromatic carbocycles. The predicted octanol–water partition coefficient (Wildman–Crippen LogP) is 3.46. The second-order valence-electron chi connectivity index (χ2n) is 6.54. The average Bonchev–Trinajstić information content (AvgIpc) is 3.23. The van der Waals surface area contributed by atoms with E-state index in [2.05, 4.69) is 10.3 Å². The van der Waals surface area contributed by atoms with Gasteiger partial charge in [-0.15, -0.1) is 11.3 Å². The highest BCUT2D eigenvalue weighted by molar-refractivity contribution is 8.00. The van der Waals surface area contributed by atoms with Gasteiger partial charge in [-0.3, -0.25) is 14.2 Å². The molecule has 9 heteroatoms. The number of carbonyl (C=O) groups excluding carboxylic acids is 1. The van der Waals surface area contributed by atoms with Gasteiger partial charge in [-0.2, -0.15) is 0 Å². The number of aromatic nitrogens is 2. The Morgan fingerprint density at radius 3 is 2.86 bits per heavy atom. The Balaban J connectivity index is 1.54. The molecule has 0 unspecified atom stereocenters. The van der Waals surface area contributed by atoms with Crippen molar-refractivity contribution in [2.75, 3.05) is 12.1 Å². The Morgan fingerprint density at radius 2 is 2.07 bits per heavy atom. The standard InChI is InChI=1S/C19H19N3O4S2/c1-9-10(2)27-17-15(9)18(24)22(4)19(21-17)28-11(3)16(23)20-12-5-6-13-14(7-12)26-8-25-13/h5-7,11H,8H2,1-4H3,(H,20,23)/t11-/m1/s1. The molecule has 0 saturated heterocycles. The van der Waals surface area contributed by atoms with E-state index < -0.39 is 5.25 Å². The molecule has 3 heterocycles. The highest BCUT2D eigenvalue weighted by Gasteiger charge is 2.21. The van der Waals surface area contributed by atoms with Crippen LogP contribution in [0.25, 0.3) is 10.2 Å². The van der Waals surface area contributed by atoms with Crippen LogP contribution in [0.5, 0.6) is 11.5 Å². The van der Waals surface area contributed by atoms with Gasteiger partial charge in [0.15, 0.2) is 16.7 Å². The zero-order chi connectivity index (χ0) is 20.0. The van der Waals surface area contributed by atoms with Crippen LogP contribution in [0.4, 0.5) is 5.69 Å². The summed E-state index contributed by atoms with van der Waals surface area (Å²) in [5, 5.41) is 3.61. The van der Waals surface area contributed by atoms with E-state index in [1.54, 1.807) is 32.2 Å². The largest absolute Gasteiger partial charge is 0.454 e. The number of benzene rings is 1. The molecule has 28 heavy (non-hydrogen) atoms. The third kappa shape index (κ3) is 3.24. The van der Waals surface area contributed by atoms with E-state index in [1.165, 1.54) is 27.7 Å². The summed E-state index contributed by atoms with van der Waals surface area (Å²) < 4.78 is 12.1. The fourth-order valence-electron chi connectivity index (χ4n) is 2.89. The third-order valence-corrected chi connectivity index (χ3v) is 6.91. The van der Waals surface area contributed by atoms with E-state index in [9.17, 15) is 9.59 Å². The van der Waals surface area contributed by atoms with Gasteiger partial charge in [-0.25, -0.2) is 4.98 Å². The van der Waals surface area contributed by atoms with Crippen LogP contribution in [-0.2, 0) is 11.8 Å². The maximum atomic E-state index is 12.7. The van der Waals surface area contributed by atoms with E-state index in [-0.39, 0.29) is 18.3 Å². The summed E-state index contributed by atoms with van der Waals surface area (Å²) in [7, 11) is 1.69. The van der Waals surface area contributed by atoms with Crippen LogP contribution in [0.3, 0.4) is 0 Å². The highest BCUT2D eigenvalue weighted by atomic mass is 32.2. The first-order valence-electron chi connectivity index (χ1n) is 8.69. The lowest BCUT2D eigenvalue weighted by molar-refractivity contribution is -0.115. The Morgan fingerprint density at radius 1 is 1.32 bits per heavy atom. The van der Waals surface area contributed by atoms with Gasteiger partial charge in [0.2, 0.25) is 12.7 Å². The zero-order valence-corrected chi connectivity index (χ0v) is 17.5. The number of nitrogens with zero attached hydrogens (tertiary/aromatic N) is 2. The average molecular weight is 418 g/mol. The van der Waals surface area contributed by atoms with E-state index in [0.29, 0.717) is 32.6 Å². The van der Waals surface area contributed by atoms with Gasteiger partial charge in [0, 0.05) is 23.7 Å². The molecule has 0 bridgehead atoms. The molecule has 0 radical (unpaired) electrons. The van der Waals surface area contributed by atoms with E-state index in [4.69, 9.17) is 9.47 Å². The minimum Gasteiger partial charge on any atom is -0.454 e. The van der Waals surface area contributed by atoms with Crippen molar-refractivity contribution in [1.29, 1.82) is 0 Å². The molecule has 1 atom stereocenters. The first kappa shape index (κ1) is 18.8. The normalized spacial score (nSPS) is 13.7. The van der Waals surface area contributed by atoms with Crippen LogP contribution in [0.1, 0.15) is 17.4 Å². The van der Waals surface area contributed by atoms with Crippen molar-refractivity contribution in [2.45, 2.75) is 31.2 Å². The quantitative estimate of drug-likeness (QED) is 0.517. The molecular formula is C19H19N3O4S2. The Hall–Kier alpha value is -2.52. The molecular weight excluding hydrogens is 398 g/mol. The van der Waals surface area contributed by atoms with Gasteiger partial charge in [-0.1, -0.05) is 11.8 Å². The van der Waals surface area contributed by atoms with E-state index >= 15 is 0 Å². The maximum Gasteiger partial charge on any atom is 0.262 e. The summed E-state index contributed by atoms with van der Waals surface area (Å²) in [5.74, 6) is 1.09. The topological polar surface area (TPSA) is 82.4 Å². The first-order valence-corrected chi connectivity index (χ1v) is 10.4. The number of rotatable bonds is 4. The Bertz CT molecular complexity index is 1150. The van der Waals surface area contributed by atoms with E-state index in [1.807, 2.05) is 13.8 Å². The first-order chi connectivity index (χ1) is 13.3. The fraction of sp³-hybridized carbons (Fsp3) is 0.316. The molecule has 0 spiro atoms. The fourth-order valence-corrected chi connectivity index (χ4v) is 4.84. The van der Waals surface area contributed by atoms with Gasteiger partial charge < -0.3 is 14.8 Å². The molecule has 1 amide bonds. The lowest BCUT2D eigenvalue weighted by atomic mass is 10.2. The van der Waals surface area contributed by atoms with Crippen molar-refractivity contribution >= 4 is 44.9 Å². The molecule has 1 aliphatic heterocycles. The van der Waals surface area contributed by atoms with Crippen LogP contribution in [0, 0.1) is 13.8 Å². The second kappa shape index (κ2) is 7.14. The third-order valence-electron chi connectivity index (χ3n) is 4.66. The van der Waals surface area contributed by atoms with Crippen LogP contribution in [0.2, 0.25) is 0 Å². The number of amides is 1. The summed E-state index contributed by atoms with van der Waals surface area (Å²) in [4.78, 5) is 31.8. The number of ether oxygens (including phenoxy) is 2. The van der Waals surface area contributed by atoms with Gasteiger partial charge in [0.1, 0.15) is 4.83 Å². The summed E-state index contributed by atoms with van der Waals surface area (Å²) in [6, 6.07) is 5.26. The van der Waals surface area contributed by atoms with Gasteiger partial charge in [0.25, 0.3) is 5.56 Å². The lowest BCUT2D eigenvalue weighted by Gasteiger charge is -2.14. The lowest BCUT2D eigenvalue weighted by Crippen LogP contribution is -2.25. The smallest absolute Gasteiger partial charge is 0.262 e. The van der Waals surface area contributed by atoms with Gasteiger partial charge in [0.05, 0.1) is 10.6 Å². The number of fused-ring (bicyclic) bond motifs is 2. The summed E-state index contributed by atoms with van der Waals surface area (Å²) in [6.45, 7) is 5.89. The molecule has 0 fully saturated rings. The maximum absolute atomic E-state index is 12.7. The summed E-state index contributed by atoms with van der Waals surface area (Å²) >= 11 is 2.76. The Kier molecular flexibility index (Phi) is 4.80. The number of hydrogen-bond acceptors (Lipinski definition) is 7. The van der Waals surface area contributed by atoms with Crippen molar-refractivity contribution in [3.05, 3.63) is 39.0 Å². The number of thioether (sulfide) groups is 1. The monoisotopic (exact) mass is 417 g/mol. The summed E-state index contributed by atoms with van der Waals surface area (Å²) in [5.41, 5.74) is 1.51. The second-order valence-corrected chi connectivity index (χ2v) is 9.05. The van der Waals surface area contributed by atoms with Crippen molar-refractivity contribution in [1.82, 2.24) is 9.55 Å². The van der Waals surface area contributed by atoms with Crippen molar-refractivity contribution in [2.24, 2.45) is 7.05 Å².